The van der Waals surface area contributed by atoms with Gasteiger partial charge in [0.1, 0.15) is 0 Å². The number of carbonyl (C=O) groups is 1. The van der Waals surface area contributed by atoms with Crippen molar-refractivity contribution in [2.24, 2.45) is 0 Å². The summed E-state index contributed by atoms with van der Waals surface area (Å²) in [5.41, 5.74) is 4.95. The molecule has 0 saturated heterocycles. The van der Waals surface area contributed by atoms with Crippen LogP contribution in [-0.2, 0) is 4.79 Å². The summed E-state index contributed by atoms with van der Waals surface area (Å²) in [7, 11) is 0. The van der Waals surface area contributed by atoms with Gasteiger partial charge in [0.15, 0.2) is 0 Å². The molecule has 21 heavy (non-hydrogen) atoms. The van der Waals surface area contributed by atoms with Crippen LogP contribution in [0.15, 0.2) is 42.5 Å². The van der Waals surface area contributed by atoms with Gasteiger partial charge in [-0.3, -0.25) is 4.79 Å². The molecule has 0 aromatic heterocycles. The smallest absolute Gasteiger partial charge is 0.207 e. The summed E-state index contributed by atoms with van der Waals surface area (Å²) in [4.78, 5) is 10.8. The van der Waals surface area contributed by atoms with E-state index in [1.165, 1.54) is 16.7 Å². The molecular formula is C18H18ClNO. The third-order valence-electron chi connectivity index (χ3n) is 4.34. The molecule has 0 aliphatic heterocycles. The van der Waals surface area contributed by atoms with Crippen molar-refractivity contribution in [3.05, 3.63) is 69.7 Å². The van der Waals surface area contributed by atoms with Gasteiger partial charge < -0.3 is 5.32 Å². The topological polar surface area (TPSA) is 29.1 Å². The van der Waals surface area contributed by atoms with Crippen LogP contribution < -0.4 is 5.32 Å². The first-order valence-electron chi connectivity index (χ1n) is 7.25. The fraction of sp³-hybridized carbons (Fsp3) is 0.278. The molecule has 2 aromatic rings. The van der Waals surface area contributed by atoms with Crippen LogP contribution in [0.1, 0.15) is 47.1 Å². The van der Waals surface area contributed by atoms with Crippen LogP contribution in [0.5, 0.6) is 0 Å². The zero-order chi connectivity index (χ0) is 14.8. The van der Waals surface area contributed by atoms with Crippen LogP contribution in [0.3, 0.4) is 0 Å². The van der Waals surface area contributed by atoms with Gasteiger partial charge in [-0.1, -0.05) is 48.0 Å². The number of benzene rings is 2. The van der Waals surface area contributed by atoms with Gasteiger partial charge in [-0.05, 0) is 48.1 Å². The molecule has 0 fully saturated rings. The molecule has 3 heteroatoms. The molecule has 0 spiro atoms. The lowest BCUT2D eigenvalue weighted by molar-refractivity contribution is -0.110. The van der Waals surface area contributed by atoms with Crippen molar-refractivity contribution in [2.75, 3.05) is 0 Å². The molecule has 0 bridgehead atoms. The summed E-state index contributed by atoms with van der Waals surface area (Å²) in [5, 5.41) is 3.74. The fourth-order valence-electron chi connectivity index (χ4n) is 3.28. The maximum Gasteiger partial charge on any atom is 0.207 e. The zero-order valence-electron chi connectivity index (χ0n) is 12.0. The van der Waals surface area contributed by atoms with E-state index in [4.69, 9.17) is 11.6 Å². The van der Waals surface area contributed by atoms with Crippen LogP contribution in [0.4, 0.5) is 0 Å². The number of rotatable bonds is 3. The highest BCUT2D eigenvalue weighted by Crippen LogP contribution is 2.41. The Labute approximate surface area is 130 Å². The predicted molar refractivity (Wildman–Crippen MR) is 85.6 cm³/mol. The van der Waals surface area contributed by atoms with Crippen LogP contribution in [0.25, 0.3) is 0 Å². The second-order valence-corrected chi connectivity index (χ2v) is 6.01. The summed E-state index contributed by atoms with van der Waals surface area (Å²) in [6.45, 7) is 2.04. The maximum atomic E-state index is 10.8. The average molecular weight is 300 g/mol. The van der Waals surface area contributed by atoms with Gasteiger partial charge in [0.2, 0.25) is 6.41 Å². The van der Waals surface area contributed by atoms with E-state index in [2.05, 4.69) is 35.6 Å². The van der Waals surface area contributed by atoms with Gasteiger partial charge in [-0.2, -0.15) is 0 Å². The molecule has 2 nitrogen and oxygen atoms in total. The maximum absolute atomic E-state index is 10.8. The van der Waals surface area contributed by atoms with Crippen molar-refractivity contribution >= 4 is 18.0 Å². The Morgan fingerprint density at radius 3 is 2.62 bits per heavy atom. The lowest BCUT2D eigenvalue weighted by Crippen LogP contribution is -2.26. The third kappa shape index (κ3) is 2.68. The zero-order valence-corrected chi connectivity index (χ0v) is 12.7. The number of hydrogen-bond donors (Lipinski definition) is 1. The first kappa shape index (κ1) is 14.2. The number of aryl methyl sites for hydroxylation is 1. The highest BCUT2D eigenvalue weighted by molar-refractivity contribution is 6.31. The molecule has 2 atom stereocenters. The molecule has 3 rings (SSSR count). The van der Waals surface area contributed by atoms with Crippen LogP contribution >= 0.6 is 11.6 Å². The molecule has 1 N–H and O–H groups in total. The van der Waals surface area contributed by atoms with E-state index in [0.717, 1.165) is 29.8 Å². The standard InChI is InChI=1S/C18H18ClNO/c1-12-10-13(6-8-17(12)19)14-7-9-18(20-11-21)16-5-3-2-4-15(14)16/h2-6,8,10-11,14,18H,7,9H2,1H3,(H,20,21). The van der Waals surface area contributed by atoms with Crippen molar-refractivity contribution < 1.29 is 4.79 Å². The van der Waals surface area contributed by atoms with Crippen molar-refractivity contribution in [3.8, 4) is 0 Å². The Morgan fingerprint density at radius 1 is 1.14 bits per heavy atom. The number of fused-ring (bicyclic) bond motifs is 1. The van der Waals surface area contributed by atoms with Crippen LogP contribution in [0.2, 0.25) is 5.02 Å². The monoisotopic (exact) mass is 299 g/mol. The largest absolute Gasteiger partial charge is 0.352 e. The molecule has 2 unspecified atom stereocenters. The first-order chi connectivity index (χ1) is 10.2. The van der Waals surface area contributed by atoms with E-state index < -0.39 is 0 Å². The lowest BCUT2D eigenvalue weighted by atomic mass is 9.76. The van der Waals surface area contributed by atoms with Crippen molar-refractivity contribution in [2.45, 2.75) is 31.7 Å². The van der Waals surface area contributed by atoms with Gasteiger partial charge >= 0.3 is 0 Å². The van der Waals surface area contributed by atoms with E-state index in [1.54, 1.807) is 0 Å². The summed E-state index contributed by atoms with van der Waals surface area (Å²) >= 11 is 6.14. The van der Waals surface area contributed by atoms with Gasteiger partial charge in [-0.15, -0.1) is 0 Å². The second kappa shape index (κ2) is 5.90. The van der Waals surface area contributed by atoms with E-state index in [-0.39, 0.29) is 6.04 Å². The average Bonchev–Trinajstić information content (AvgIpc) is 2.51. The summed E-state index contributed by atoms with van der Waals surface area (Å²) in [5.74, 6) is 0.377. The van der Waals surface area contributed by atoms with Crippen LogP contribution in [0, 0.1) is 6.92 Å². The van der Waals surface area contributed by atoms with E-state index in [1.807, 2.05) is 19.1 Å². The number of halogens is 1. The van der Waals surface area contributed by atoms with Crippen LogP contribution in [-0.4, -0.2) is 6.41 Å². The minimum atomic E-state index is 0.128. The Bertz CT molecular complexity index is 668. The van der Waals surface area contributed by atoms with Crippen molar-refractivity contribution in [1.29, 1.82) is 0 Å². The summed E-state index contributed by atoms with van der Waals surface area (Å²) in [6, 6.07) is 14.8. The summed E-state index contributed by atoms with van der Waals surface area (Å²) < 4.78 is 0. The molecule has 108 valence electrons. The Hall–Kier alpha value is -1.80. The van der Waals surface area contributed by atoms with Gasteiger partial charge in [0, 0.05) is 10.9 Å². The van der Waals surface area contributed by atoms with Crippen molar-refractivity contribution in [3.63, 3.8) is 0 Å². The third-order valence-corrected chi connectivity index (χ3v) is 4.77. The minimum Gasteiger partial charge on any atom is -0.352 e. The molecule has 1 aliphatic carbocycles. The minimum absolute atomic E-state index is 0.128. The molecule has 1 aliphatic rings. The van der Waals surface area contributed by atoms with Gasteiger partial charge in [-0.25, -0.2) is 0 Å². The molecule has 0 saturated carbocycles. The molecule has 0 heterocycles. The molecule has 1 amide bonds. The Balaban J connectivity index is 2.02. The first-order valence-corrected chi connectivity index (χ1v) is 7.63. The predicted octanol–water partition coefficient (Wildman–Crippen LogP) is 4.36. The van der Waals surface area contributed by atoms with E-state index in [0.29, 0.717) is 5.92 Å². The van der Waals surface area contributed by atoms with E-state index in [9.17, 15) is 4.79 Å². The lowest BCUT2D eigenvalue weighted by Gasteiger charge is -2.31. The number of amides is 1. The molecule has 2 aromatic carbocycles. The van der Waals surface area contributed by atoms with Gasteiger partial charge in [0.05, 0.1) is 6.04 Å². The Kier molecular flexibility index (Phi) is 3.98. The van der Waals surface area contributed by atoms with E-state index >= 15 is 0 Å². The molecule has 0 radical (unpaired) electrons. The highest BCUT2D eigenvalue weighted by atomic mass is 35.5. The number of hydrogen-bond acceptors (Lipinski definition) is 1. The second-order valence-electron chi connectivity index (χ2n) is 5.60. The number of carbonyl (C=O) groups excluding carboxylic acids is 1. The molecular weight excluding hydrogens is 282 g/mol. The van der Waals surface area contributed by atoms with Crippen molar-refractivity contribution in [1.82, 2.24) is 5.32 Å². The number of nitrogens with one attached hydrogen (secondary N) is 1. The van der Waals surface area contributed by atoms with Gasteiger partial charge in [0.25, 0.3) is 0 Å². The fourth-order valence-corrected chi connectivity index (χ4v) is 3.39. The summed E-state index contributed by atoms with van der Waals surface area (Å²) in [6.07, 6.45) is 2.79. The SMILES string of the molecule is Cc1cc(C2CCC(NC=O)c3ccccc32)ccc1Cl. The quantitative estimate of drug-likeness (QED) is 0.838. The highest BCUT2D eigenvalue weighted by Gasteiger charge is 2.27. The Morgan fingerprint density at radius 2 is 1.90 bits per heavy atom. The normalized spacial score (nSPS) is 20.7.